The lowest BCUT2D eigenvalue weighted by Crippen LogP contribution is -2.32. The van der Waals surface area contributed by atoms with Gasteiger partial charge in [0.1, 0.15) is 11.6 Å². The summed E-state index contributed by atoms with van der Waals surface area (Å²) in [5.74, 6) is -1.30. The van der Waals surface area contributed by atoms with E-state index >= 15 is 0 Å². The Kier molecular flexibility index (Phi) is 12.7. The van der Waals surface area contributed by atoms with Crippen LogP contribution in [0.15, 0.2) is 55.6 Å². The predicted molar refractivity (Wildman–Crippen MR) is 174 cm³/mol. The maximum Gasteiger partial charge on any atom is 0.239 e. The van der Waals surface area contributed by atoms with E-state index in [0.717, 1.165) is 22.3 Å². The normalized spacial score (nSPS) is 15.8. The van der Waals surface area contributed by atoms with Gasteiger partial charge < -0.3 is 31.5 Å². The highest BCUT2D eigenvalue weighted by molar-refractivity contribution is 6.01. The highest BCUT2D eigenvalue weighted by Gasteiger charge is 2.29. The second-order valence-electron chi connectivity index (χ2n) is 11.1. The number of aliphatic hydroxyl groups is 2. The molecule has 2 heterocycles. The smallest absolute Gasteiger partial charge is 0.239 e. The van der Waals surface area contributed by atoms with Crippen LogP contribution in [-0.2, 0) is 22.4 Å². The first-order chi connectivity index (χ1) is 25.2. The van der Waals surface area contributed by atoms with Gasteiger partial charge >= 0.3 is 0 Å². The van der Waals surface area contributed by atoms with Crippen molar-refractivity contribution in [3.05, 3.63) is 81.7 Å². The molecule has 20 nitrogen and oxygen atoms in total. The molecule has 4 aromatic rings. The number of carbonyl (C=O) groups is 2. The van der Waals surface area contributed by atoms with E-state index in [0.29, 0.717) is 12.8 Å². The zero-order valence-corrected chi connectivity index (χ0v) is 27.1. The molecule has 276 valence electrons. The maximum atomic E-state index is 13.4. The van der Waals surface area contributed by atoms with Crippen LogP contribution < -0.4 is 32.2 Å². The Morgan fingerprint density at radius 1 is 0.712 bits per heavy atom. The van der Waals surface area contributed by atoms with Crippen LogP contribution in [0.25, 0.3) is 0 Å². The lowest BCUT2D eigenvalue weighted by Gasteiger charge is -2.27. The first-order valence-corrected chi connectivity index (χ1v) is 15.7. The van der Waals surface area contributed by atoms with E-state index in [2.05, 4.69) is 61.1 Å². The molecule has 0 spiro atoms. The summed E-state index contributed by atoms with van der Waals surface area (Å²) in [6.07, 6.45) is 1.19. The Morgan fingerprint density at radius 3 is 1.52 bits per heavy atom. The number of nitrogens with one attached hydrogen (secondary N) is 6. The van der Waals surface area contributed by atoms with Gasteiger partial charge in [0.15, 0.2) is 23.1 Å². The van der Waals surface area contributed by atoms with Crippen molar-refractivity contribution in [3.8, 4) is 0 Å². The lowest BCUT2D eigenvalue weighted by atomic mass is 9.83. The van der Waals surface area contributed by atoms with Crippen molar-refractivity contribution in [3.63, 3.8) is 0 Å². The Hall–Kier alpha value is -6.10. The predicted octanol–water partition coefficient (Wildman–Crippen LogP) is -0.496. The van der Waals surface area contributed by atoms with E-state index in [1.807, 2.05) is 11.0 Å². The number of carbonyl (C=O) groups excluding carboxylic acids is 2. The maximum absolute atomic E-state index is 13.4. The fraction of sp³-hybridized carbons (Fsp3) is 0.333. The zero-order valence-electron chi connectivity index (χ0n) is 27.1. The topological polar surface area (TPSA) is 290 Å². The first kappa shape index (κ1) is 37.2. The van der Waals surface area contributed by atoms with Gasteiger partial charge in [-0.05, 0) is 80.0 Å². The van der Waals surface area contributed by atoms with Gasteiger partial charge in [0.25, 0.3) is 0 Å². The molecule has 2 aliphatic carbocycles. The summed E-state index contributed by atoms with van der Waals surface area (Å²) in [5, 5.41) is 61.0. The van der Waals surface area contributed by atoms with Crippen LogP contribution in [0.3, 0.4) is 0 Å². The number of anilines is 2. The minimum Gasteiger partial charge on any atom is -0.395 e. The van der Waals surface area contributed by atoms with E-state index < -0.39 is 0 Å². The van der Waals surface area contributed by atoms with Gasteiger partial charge in [-0.2, -0.15) is 0 Å². The molecule has 2 atom stereocenters. The fourth-order valence-corrected chi connectivity index (χ4v) is 5.09. The Bertz CT molecular complexity index is 1780. The number of amidine groups is 2. The average Bonchev–Trinajstić information content (AvgIpc) is 3.81. The second kappa shape index (κ2) is 17.7. The van der Waals surface area contributed by atoms with Crippen molar-refractivity contribution in [1.29, 1.82) is 0 Å². The van der Waals surface area contributed by atoms with Gasteiger partial charge in [-0.3, -0.25) is 40.9 Å². The third-order valence-corrected chi connectivity index (χ3v) is 7.67. The summed E-state index contributed by atoms with van der Waals surface area (Å²) in [6, 6.07) is 8.27. The van der Waals surface area contributed by atoms with Crippen molar-refractivity contribution in [2.75, 3.05) is 50.0 Å². The Morgan fingerprint density at radius 2 is 1.13 bits per heavy atom. The van der Waals surface area contributed by atoms with Crippen LogP contribution in [0.5, 0.6) is 0 Å². The summed E-state index contributed by atoms with van der Waals surface area (Å²) < 4.78 is 36.0. The van der Waals surface area contributed by atoms with Crippen molar-refractivity contribution >= 4 is 35.1 Å². The third-order valence-electron chi connectivity index (χ3n) is 7.67. The van der Waals surface area contributed by atoms with E-state index in [1.54, 1.807) is 12.1 Å². The number of aliphatic imine (C=N–C) groups is 2. The van der Waals surface area contributed by atoms with E-state index in [-0.39, 0.29) is 110 Å². The lowest BCUT2D eigenvalue weighted by molar-refractivity contribution is -0.120. The number of hydroxylamine groups is 2. The first-order valence-electron chi connectivity index (χ1n) is 15.7. The molecule has 2 aliphatic rings. The minimum absolute atomic E-state index is 0.0237. The summed E-state index contributed by atoms with van der Waals surface area (Å²) in [6.45, 7) is -0.358. The number of fused-ring (bicyclic) bond motifs is 2. The number of aliphatic hydroxyl groups excluding tert-OH is 2. The average molecular weight is 729 g/mol. The molecule has 22 heteroatoms. The van der Waals surface area contributed by atoms with E-state index in [1.165, 1.54) is 24.3 Å². The molecular formula is C30H34F2N12O8. The van der Waals surface area contributed by atoms with Crippen LogP contribution in [0.2, 0.25) is 0 Å². The van der Waals surface area contributed by atoms with Crippen molar-refractivity contribution in [2.24, 2.45) is 9.98 Å². The molecule has 0 aliphatic heterocycles. The molecule has 0 bridgehead atoms. The SMILES string of the molecule is O=C(CNc1nonc1C(=N[C@@H]1Cc2ccc(F)cc21)NO)NCCO.O=C(CNc1nonc1C(=N[C@H]1Cc2ccc(F)cc21)NO)NCCO. The van der Waals surface area contributed by atoms with Crippen molar-refractivity contribution < 1.29 is 48.3 Å². The largest absolute Gasteiger partial charge is 0.395 e. The molecule has 6 rings (SSSR count). The summed E-state index contributed by atoms with van der Waals surface area (Å²) in [4.78, 5) is 31.7. The van der Waals surface area contributed by atoms with Gasteiger partial charge in [0.05, 0.1) is 38.4 Å². The van der Waals surface area contributed by atoms with E-state index in [9.17, 15) is 28.8 Å². The summed E-state index contributed by atoms with van der Waals surface area (Å²) in [7, 11) is 0. The minimum atomic E-state index is -0.369. The molecule has 0 fully saturated rings. The van der Waals surface area contributed by atoms with Crippen molar-refractivity contribution in [1.82, 2.24) is 42.2 Å². The highest BCUT2D eigenvalue weighted by atomic mass is 19.1. The molecule has 2 aromatic carbocycles. The van der Waals surface area contributed by atoms with Crippen LogP contribution in [0, 0.1) is 11.6 Å². The van der Waals surface area contributed by atoms with Crippen molar-refractivity contribution in [2.45, 2.75) is 24.9 Å². The highest BCUT2D eigenvalue weighted by Crippen LogP contribution is 2.38. The Labute approximate surface area is 292 Å². The van der Waals surface area contributed by atoms with Crippen LogP contribution in [-0.4, -0.2) is 104 Å². The van der Waals surface area contributed by atoms with Gasteiger partial charge in [-0.25, -0.2) is 18.0 Å². The number of hydrogen-bond donors (Lipinski definition) is 10. The number of aromatic nitrogens is 4. The molecule has 52 heavy (non-hydrogen) atoms. The molecule has 0 saturated heterocycles. The summed E-state index contributed by atoms with van der Waals surface area (Å²) in [5.41, 5.74) is 7.44. The molecular weight excluding hydrogens is 694 g/mol. The third kappa shape index (κ3) is 9.16. The quantitative estimate of drug-likeness (QED) is 0.0445. The molecule has 0 radical (unpaired) electrons. The molecule has 2 amide bonds. The number of rotatable bonds is 14. The Balaban J connectivity index is 0.000000201. The van der Waals surface area contributed by atoms with Gasteiger partial charge in [-0.15, -0.1) is 0 Å². The van der Waals surface area contributed by atoms with E-state index in [4.69, 9.17) is 10.2 Å². The zero-order chi connectivity index (χ0) is 37.0. The molecule has 0 saturated carbocycles. The summed E-state index contributed by atoms with van der Waals surface area (Å²) >= 11 is 0. The monoisotopic (exact) mass is 728 g/mol. The van der Waals surface area contributed by atoms with Gasteiger partial charge in [0.2, 0.25) is 23.5 Å². The fourth-order valence-electron chi connectivity index (χ4n) is 5.09. The number of hydrogen-bond acceptors (Lipinski definition) is 16. The number of amides is 2. The number of halogens is 2. The standard InChI is InChI=1S/2C15H17FN6O4/c2*16-9-2-1-8-5-11(10(8)6-9)19-15(20-25)13-14(22-26-21-13)18-7-12(24)17-3-4-23/h2*1-2,6,11,23,25H,3-5,7H2,(H,17,24)(H,18,22)(H,19,20)/t2*11-/m10/s1. The molecule has 0 unspecified atom stereocenters. The second-order valence-corrected chi connectivity index (χ2v) is 11.1. The molecule has 10 N–H and O–H groups in total. The number of nitrogens with zero attached hydrogens (tertiary/aromatic N) is 6. The van der Waals surface area contributed by atoms with Gasteiger partial charge in [0, 0.05) is 13.1 Å². The van der Waals surface area contributed by atoms with Crippen LogP contribution in [0.4, 0.5) is 20.4 Å². The molecule has 2 aromatic heterocycles. The van der Waals surface area contributed by atoms with Crippen LogP contribution in [0.1, 0.15) is 45.7 Å². The van der Waals surface area contributed by atoms with Crippen LogP contribution >= 0.6 is 0 Å². The van der Waals surface area contributed by atoms with Gasteiger partial charge in [-0.1, -0.05) is 12.1 Å². The number of benzene rings is 2.